The van der Waals surface area contributed by atoms with Crippen molar-refractivity contribution in [1.29, 1.82) is 0 Å². The summed E-state index contributed by atoms with van der Waals surface area (Å²) >= 11 is 0. The maximum Gasteiger partial charge on any atom is 0.280 e. The standard InChI is InChI=1S/C29H47N9O4/c1-2-10-31-12-14-33-16-17-34-15-13-32-11-6-9-29(38-20-35-24-26(38)36-28(30)37-27(24)41)22(25(40)23(19-39)42-29)18-21-7-4-3-5-8-21/h3-5,7-8,20,22-23,25,31-34,39-40H,2,6,9-19H2,1H3,(H3,30,36,37,41)/t22-,23-,25+,29-/m1/s1. The van der Waals surface area contributed by atoms with Gasteiger partial charge in [0.15, 0.2) is 16.9 Å². The molecule has 0 saturated carbocycles. The van der Waals surface area contributed by atoms with Crippen molar-refractivity contribution in [2.24, 2.45) is 5.92 Å². The van der Waals surface area contributed by atoms with Crippen LogP contribution >= 0.6 is 0 Å². The van der Waals surface area contributed by atoms with Gasteiger partial charge in [-0.25, -0.2) is 4.98 Å². The summed E-state index contributed by atoms with van der Waals surface area (Å²) in [6.07, 6.45) is 2.63. The minimum atomic E-state index is -1.11. The monoisotopic (exact) mass is 585 g/mol. The highest BCUT2D eigenvalue weighted by Gasteiger charge is 2.55. The Morgan fingerprint density at radius 3 is 2.31 bits per heavy atom. The second-order valence-electron chi connectivity index (χ2n) is 10.8. The predicted molar refractivity (Wildman–Crippen MR) is 163 cm³/mol. The van der Waals surface area contributed by atoms with Gasteiger partial charge in [-0.05, 0) is 44.3 Å². The number of fused-ring (bicyclic) bond motifs is 1. The number of aromatic amines is 1. The summed E-state index contributed by atoms with van der Waals surface area (Å²) in [5.74, 6) is -0.470. The molecule has 0 bridgehead atoms. The highest BCUT2D eigenvalue weighted by atomic mass is 16.6. The van der Waals surface area contributed by atoms with E-state index < -0.39 is 29.4 Å². The van der Waals surface area contributed by atoms with E-state index in [0.29, 0.717) is 19.3 Å². The summed E-state index contributed by atoms with van der Waals surface area (Å²) in [4.78, 5) is 23.8. The van der Waals surface area contributed by atoms with Crippen LogP contribution in [0.25, 0.3) is 11.2 Å². The quantitative estimate of drug-likeness (QED) is 0.0849. The normalized spacial score (nSPS) is 22.3. The molecule has 1 saturated heterocycles. The summed E-state index contributed by atoms with van der Waals surface area (Å²) in [6, 6.07) is 9.86. The smallest absolute Gasteiger partial charge is 0.280 e. The van der Waals surface area contributed by atoms with E-state index in [4.69, 9.17) is 10.5 Å². The zero-order valence-corrected chi connectivity index (χ0v) is 24.5. The number of imidazole rings is 1. The minimum absolute atomic E-state index is 0.0289. The van der Waals surface area contributed by atoms with Crippen molar-refractivity contribution >= 4 is 17.1 Å². The van der Waals surface area contributed by atoms with Crippen LogP contribution in [0, 0.1) is 5.92 Å². The first kappa shape index (κ1) is 32.0. The number of aliphatic hydroxyl groups is 2. The van der Waals surface area contributed by atoms with Crippen LogP contribution in [0.4, 0.5) is 5.95 Å². The van der Waals surface area contributed by atoms with E-state index in [0.717, 1.165) is 64.3 Å². The summed E-state index contributed by atoms with van der Waals surface area (Å²) in [5.41, 5.74) is 5.80. The number of nitrogens with one attached hydrogen (secondary N) is 5. The van der Waals surface area contributed by atoms with E-state index in [1.807, 2.05) is 30.3 Å². The van der Waals surface area contributed by atoms with Crippen molar-refractivity contribution in [2.45, 2.75) is 50.5 Å². The van der Waals surface area contributed by atoms with Gasteiger partial charge in [-0.1, -0.05) is 37.3 Å². The van der Waals surface area contributed by atoms with Gasteiger partial charge in [0.25, 0.3) is 5.56 Å². The van der Waals surface area contributed by atoms with Crippen molar-refractivity contribution in [2.75, 3.05) is 64.7 Å². The number of aliphatic hydroxyl groups excluding tert-OH is 2. The lowest BCUT2D eigenvalue weighted by atomic mass is 9.82. The molecule has 3 aromatic rings. The third-order valence-electron chi connectivity index (χ3n) is 7.79. The molecule has 0 unspecified atom stereocenters. The Kier molecular flexibility index (Phi) is 12.3. The lowest BCUT2D eigenvalue weighted by Gasteiger charge is -2.37. The van der Waals surface area contributed by atoms with Crippen LogP contribution in [-0.2, 0) is 16.9 Å². The lowest BCUT2D eigenvalue weighted by molar-refractivity contribution is -0.133. The number of anilines is 1. The molecule has 1 aromatic carbocycles. The van der Waals surface area contributed by atoms with Crippen LogP contribution in [0.15, 0.2) is 41.5 Å². The average Bonchev–Trinajstić information content (AvgIpc) is 3.53. The number of nitrogens with two attached hydrogens (primary N) is 1. The van der Waals surface area contributed by atoms with E-state index in [-0.39, 0.29) is 23.7 Å². The first-order valence-electron chi connectivity index (χ1n) is 15.1. The lowest BCUT2D eigenvalue weighted by Crippen LogP contribution is -2.43. The molecule has 4 atom stereocenters. The fourth-order valence-corrected chi connectivity index (χ4v) is 5.72. The van der Waals surface area contributed by atoms with Gasteiger partial charge in [-0.2, -0.15) is 4.98 Å². The Morgan fingerprint density at radius 2 is 1.67 bits per heavy atom. The average molecular weight is 586 g/mol. The van der Waals surface area contributed by atoms with Crippen molar-refractivity contribution in [3.05, 3.63) is 52.6 Å². The van der Waals surface area contributed by atoms with E-state index >= 15 is 0 Å². The van der Waals surface area contributed by atoms with E-state index in [9.17, 15) is 15.0 Å². The zero-order chi connectivity index (χ0) is 29.8. The van der Waals surface area contributed by atoms with Gasteiger partial charge in [-0.3, -0.25) is 14.3 Å². The van der Waals surface area contributed by atoms with Crippen molar-refractivity contribution in [1.82, 2.24) is 40.8 Å². The molecule has 232 valence electrons. The van der Waals surface area contributed by atoms with Crippen LogP contribution in [0.3, 0.4) is 0 Å². The molecule has 13 nitrogen and oxygen atoms in total. The second-order valence-corrected chi connectivity index (χ2v) is 10.8. The molecule has 1 aliphatic heterocycles. The summed E-state index contributed by atoms with van der Waals surface area (Å²) in [5, 5.41) is 35.2. The van der Waals surface area contributed by atoms with Gasteiger partial charge in [0.1, 0.15) is 6.10 Å². The Balaban J connectivity index is 1.41. The number of nitrogens with zero attached hydrogens (tertiary/aromatic N) is 3. The zero-order valence-electron chi connectivity index (χ0n) is 24.5. The molecular weight excluding hydrogens is 538 g/mol. The molecule has 13 heteroatoms. The number of ether oxygens (including phenoxy) is 1. The Hall–Kier alpha value is -2.91. The molecule has 0 aliphatic carbocycles. The number of nitrogen functional groups attached to an aromatic ring is 1. The van der Waals surface area contributed by atoms with Crippen LogP contribution in [0.1, 0.15) is 31.7 Å². The number of benzene rings is 1. The number of aromatic nitrogens is 4. The van der Waals surface area contributed by atoms with E-state index in [2.05, 4.69) is 43.1 Å². The number of H-pyrrole nitrogens is 1. The highest BCUT2D eigenvalue weighted by Crippen LogP contribution is 2.46. The van der Waals surface area contributed by atoms with E-state index in [1.165, 1.54) is 6.33 Å². The van der Waals surface area contributed by atoms with Crippen LogP contribution in [0.2, 0.25) is 0 Å². The molecule has 0 amide bonds. The van der Waals surface area contributed by atoms with Gasteiger partial charge in [-0.15, -0.1) is 0 Å². The number of rotatable bonds is 19. The van der Waals surface area contributed by atoms with Crippen molar-refractivity contribution < 1.29 is 14.9 Å². The SMILES string of the molecule is CCCNCCNCCNCCNCCC[C@@]1(n2cnc3c(=O)[nH]c(N)nc32)O[C@H](CO)[C@@H](O)[C@H]1Cc1ccccc1. The summed E-state index contributed by atoms with van der Waals surface area (Å²) < 4.78 is 8.25. The van der Waals surface area contributed by atoms with Gasteiger partial charge in [0, 0.05) is 45.2 Å². The molecule has 9 N–H and O–H groups in total. The molecule has 2 aromatic heterocycles. The van der Waals surface area contributed by atoms with Crippen LogP contribution < -0.4 is 32.6 Å². The molecule has 0 radical (unpaired) electrons. The molecule has 42 heavy (non-hydrogen) atoms. The maximum absolute atomic E-state index is 12.6. The highest BCUT2D eigenvalue weighted by molar-refractivity contribution is 5.70. The Labute approximate surface area is 246 Å². The van der Waals surface area contributed by atoms with Crippen LogP contribution in [0.5, 0.6) is 0 Å². The molecule has 1 aliphatic rings. The maximum atomic E-state index is 12.6. The Bertz CT molecular complexity index is 1270. The van der Waals surface area contributed by atoms with Gasteiger partial charge >= 0.3 is 0 Å². The molecular formula is C29H47N9O4. The van der Waals surface area contributed by atoms with Crippen molar-refractivity contribution in [3.8, 4) is 0 Å². The molecule has 1 fully saturated rings. The molecule has 0 spiro atoms. The first-order valence-corrected chi connectivity index (χ1v) is 15.1. The van der Waals surface area contributed by atoms with Crippen LogP contribution in [-0.4, -0.2) is 101 Å². The fourth-order valence-electron chi connectivity index (χ4n) is 5.72. The third kappa shape index (κ3) is 7.92. The predicted octanol–water partition coefficient (Wildman–Crippen LogP) is -0.486. The number of hydrogen-bond acceptors (Lipinski definition) is 11. The third-order valence-corrected chi connectivity index (χ3v) is 7.79. The first-order chi connectivity index (χ1) is 20.5. The number of hydrogen-bond donors (Lipinski definition) is 8. The fraction of sp³-hybridized carbons (Fsp3) is 0.621. The largest absolute Gasteiger partial charge is 0.394 e. The minimum Gasteiger partial charge on any atom is -0.394 e. The second kappa shape index (κ2) is 16.1. The topological polar surface area (TPSA) is 187 Å². The molecule has 4 rings (SSSR count). The van der Waals surface area contributed by atoms with E-state index in [1.54, 1.807) is 4.57 Å². The molecule has 3 heterocycles. The summed E-state index contributed by atoms with van der Waals surface area (Å²) in [6.45, 7) is 9.01. The van der Waals surface area contributed by atoms with Gasteiger partial charge in [0.2, 0.25) is 5.95 Å². The summed E-state index contributed by atoms with van der Waals surface area (Å²) in [7, 11) is 0. The Morgan fingerprint density at radius 1 is 1.02 bits per heavy atom. The van der Waals surface area contributed by atoms with Crippen molar-refractivity contribution in [3.63, 3.8) is 0 Å². The van der Waals surface area contributed by atoms with Gasteiger partial charge in [0.05, 0.1) is 19.0 Å². The van der Waals surface area contributed by atoms with Gasteiger partial charge < -0.3 is 42.0 Å².